The van der Waals surface area contributed by atoms with Crippen LogP contribution in [0, 0.1) is 6.92 Å². The van der Waals surface area contributed by atoms with E-state index in [1.807, 2.05) is 43.6 Å². The number of fused-ring (bicyclic) bond motifs is 1. The molecule has 0 saturated heterocycles. The van der Waals surface area contributed by atoms with E-state index in [1.165, 1.54) is 0 Å². The first-order chi connectivity index (χ1) is 13.3. The Bertz CT molecular complexity index is 1130. The van der Waals surface area contributed by atoms with E-state index in [2.05, 4.69) is 25.5 Å². The van der Waals surface area contributed by atoms with Crippen LogP contribution in [0.3, 0.4) is 0 Å². The lowest BCUT2D eigenvalue weighted by Gasteiger charge is -2.09. The van der Waals surface area contributed by atoms with E-state index in [0.29, 0.717) is 18.1 Å². The number of benzene rings is 1. The molecule has 3 aromatic heterocycles. The molecule has 3 heterocycles. The molecule has 0 bridgehead atoms. The number of aromatic nitrogens is 6. The van der Waals surface area contributed by atoms with Crippen molar-refractivity contribution in [2.24, 2.45) is 7.05 Å². The van der Waals surface area contributed by atoms with Gasteiger partial charge in [-0.15, -0.1) is 5.10 Å². The Hall–Kier alpha value is -3.43. The molecule has 10 heteroatoms. The molecule has 0 amide bonds. The van der Waals surface area contributed by atoms with E-state index < -0.39 is 12.0 Å². The van der Waals surface area contributed by atoms with Crippen molar-refractivity contribution in [1.29, 1.82) is 0 Å². The number of alkyl halides is 3. The van der Waals surface area contributed by atoms with Crippen LogP contribution in [0.4, 0.5) is 19.0 Å². The van der Waals surface area contributed by atoms with Gasteiger partial charge in [0, 0.05) is 42.7 Å². The highest BCUT2D eigenvalue weighted by atomic mass is 19.4. The summed E-state index contributed by atoms with van der Waals surface area (Å²) in [7, 11) is 1.82. The largest absolute Gasteiger partial charge is 0.453 e. The third-order valence-corrected chi connectivity index (χ3v) is 4.11. The summed E-state index contributed by atoms with van der Waals surface area (Å²) >= 11 is 0. The van der Waals surface area contributed by atoms with Gasteiger partial charge in [-0.1, -0.05) is 30.3 Å². The summed E-state index contributed by atoms with van der Waals surface area (Å²) < 4.78 is 41.6. The number of rotatable bonds is 4. The number of hydrogen-bond acceptors (Lipinski definition) is 5. The molecule has 4 aromatic rings. The summed E-state index contributed by atoms with van der Waals surface area (Å²) in [6.45, 7) is 2.03. The molecule has 0 aliphatic heterocycles. The molecule has 0 unspecified atom stereocenters. The third-order valence-electron chi connectivity index (χ3n) is 4.11. The standard InChI is InChI=1S/C18H16F3N7/c1-11-8-14(28-17(23-11)24-16(26-28)18(19,20)21)22-9-13-10-27(2)25-15(13)12-6-4-3-5-7-12/h3-8,10,22H,9H2,1-2H3. The van der Waals surface area contributed by atoms with E-state index in [4.69, 9.17) is 0 Å². The molecule has 4 rings (SSSR count). The number of halogens is 3. The number of aryl methyl sites for hydroxylation is 2. The first kappa shape index (κ1) is 18.0. The summed E-state index contributed by atoms with van der Waals surface area (Å²) in [5.41, 5.74) is 3.18. The van der Waals surface area contributed by atoms with Crippen molar-refractivity contribution >= 4 is 11.6 Å². The molecular formula is C18H16F3N7. The van der Waals surface area contributed by atoms with Crippen molar-refractivity contribution in [3.63, 3.8) is 0 Å². The van der Waals surface area contributed by atoms with Gasteiger partial charge < -0.3 is 5.32 Å². The van der Waals surface area contributed by atoms with Crippen molar-refractivity contribution in [2.45, 2.75) is 19.6 Å². The maximum Gasteiger partial charge on any atom is 0.453 e. The maximum absolute atomic E-state index is 13.0. The zero-order valence-electron chi connectivity index (χ0n) is 15.1. The molecule has 0 spiro atoms. The van der Waals surface area contributed by atoms with E-state index in [0.717, 1.165) is 21.3 Å². The molecule has 0 aliphatic carbocycles. The van der Waals surface area contributed by atoms with Gasteiger partial charge in [0.25, 0.3) is 11.6 Å². The lowest BCUT2D eigenvalue weighted by molar-refractivity contribution is -0.144. The molecule has 1 aromatic carbocycles. The Morgan fingerprint density at radius 2 is 1.82 bits per heavy atom. The molecule has 1 N–H and O–H groups in total. The fourth-order valence-corrected chi connectivity index (χ4v) is 2.92. The van der Waals surface area contributed by atoms with Crippen LogP contribution in [0.2, 0.25) is 0 Å². The number of nitrogens with zero attached hydrogens (tertiary/aromatic N) is 6. The van der Waals surface area contributed by atoms with Crippen molar-refractivity contribution < 1.29 is 13.2 Å². The highest BCUT2D eigenvalue weighted by Crippen LogP contribution is 2.27. The fourth-order valence-electron chi connectivity index (χ4n) is 2.92. The van der Waals surface area contributed by atoms with Crippen LogP contribution < -0.4 is 5.32 Å². The number of nitrogens with one attached hydrogen (secondary N) is 1. The molecule has 7 nitrogen and oxygen atoms in total. The Morgan fingerprint density at radius 1 is 1.07 bits per heavy atom. The lowest BCUT2D eigenvalue weighted by atomic mass is 10.1. The highest BCUT2D eigenvalue weighted by molar-refractivity contribution is 5.63. The van der Waals surface area contributed by atoms with Gasteiger partial charge in [-0.05, 0) is 6.92 Å². The predicted molar refractivity (Wildman–Crippen MR) is 96.5 cm³/mol. The van der Waals surface area contributed by atoms with Crippen LogP contribution in [0.5, 0.6) is 0 Å². The second-order valence-electron chi connectivity index (χ2n) is 6.32. The zero-order chi connectivity index (χ0) is 19.9. The fraction of sp³-hybridized carbons (Fsp3) is 0.222. The summed E-state index contributed by atoms with van der Waals surface area (Å²) in [4.78, 5) is 7.52. The van der Waals surface area contributed by atoms with Crippen molar-refractivity contribution in [3.05, 3.63) is 59.7 Å². The number of hydrogen-bond donors (Lipinski definition) is 1. The monoisotopic (exact) mass is 387 g/mol. The Labute approximate surface area is 157 Å². The minimum atomic E-state index is -4.64. The Balaban J connectivity index is 1.68. The van der Waals surface area contributed by atoms with Crippen molar-refractivity contribution in [1.82, 2.24) is 29.4 Å². The van der Waals surface area contributed by atoms with Gasteiger partial charge in [0.05, 0.1) is 5.69 Å². The van der Waals surface area contributed by atoms with E-state index in [9.17, 15) is 13.2 Å². The first-order valence-electron chi connectivity index (χ1n) is 8.45. The molecule has 0 radical (unpaired) electrons. The summed E-state index contributed by atoms with van der Waals surface area (Å²) in [6.07, 6.45) is -2.77. The normalized spacial score (nSPS) is 11.9. The van der Waals surface area contributed by atoms with Gasteiger partial charge in [0.1, 0.15) is 5.82 Å². The van der Waals surface area contributed by atoms with Crippen LogP contribution in [-0.2, 0) is 19.8 Å². The maximum atomic E-state index is 13.0. The average molecular weight is 387 g/mol. The topological polar surface area (TPSA) is 72.9 Å². The Kier molecular flexibility index (Phi) is 4.25. The molecule has 28 heavy (non-hydrogen) atoms. The van der Waals surface area contributed by atoms with Crippen LogP contribution in [0.15, 0.2) is 42.6 Å². The van der Waals surface area contributed by atoms with Gasteiger partial charge in [-0.25, -0.2) is 4.98 Å². The van der Waals surface area contributed by atoms with Gasteiger partial charge in [-0.3, -0.25) is 4.68 Å². The van der Waals surface area contributed by atoms with Gasteiger partial charge in [-0.2, -0.15) is 27.8 Å². The minimum Gasteiger partial charge on any atom is -0.366 e. The molecule has 0 saturated carbocycles. The smallest absolute Gasteiger partial charge is 0.366 e. The Morgan fingerprint density at radius 3 is 2.54 bits per heavy atom. The molecule has 0 fully saturated rings. The van der Waals surface area contributed by atoms with E-state index in [-0.39, 0.29) is 5.78 Å². The average Bonchev–Trinajstić information content (AvgIpc) is 3.23. The lowest BCUT2D eigenvalue weighted by Crippen LogP contribution is -2.09. The minimum absolute atomic E-state index is 0.107. The van der Waals surface area contributed by atoms with Crippen LogP contribution in [-0.4, -0.2) is 29.4 Å². The van der Waals surface area contributed by atoms with E-state index in [1.54, 1.807) is 17.7 Å². The predicted octanol–water partition coefficient (Wildman–Crippen LogP) is 3.46. The van der Waals surface area contributed by atoms with Crippen LogP contribution in [0.1, 0.15) is 17.1 Å². The van der Waals surface area contributed by atoms with Crippen molar-refractivity contribution in [2.75, 3.05) is 5.32 Å². The van der Waals surface area contributed by atoms with Crippen molar-refractivity contribution in [3.8, 4) is 11.3 Å². The highest BCUT2D eigenvalue weighted by Gasteiger charge is 2.36. The van der Waals surface area contributed by atoms with Gasteiger partial charge in [0.2, 0.25) is 0 Å². The quantitative estimate of drug-likeness (QED) is 0.581. The first-order valence-corrected chi connectivity index (χ1v) is 8.45. The summed E-state index contributed by atoms with van der Waals surface area (Å²) in [5.74, 6) is -0.960. The van der Waals surface area contributed by atoms with Gasteiger partial charge in [0.15, 0.2) is 0 Å². The number of anilines is 1. The summed E-state index contributed by atoms with van der Waals surface area (Å²) in [5, 5.41) is 11.2. The molecular weight excluding hydrogens is 371 g/mol. The molecule has 0 aliphatic rings. The van der Waals surface area contributed by atoms with Crippen LogP contribution >= 0.6 is 0 Å². The van der Waals surface area contributed by atoms with Gasteiger partial charge >= 0.3 is 6.18 Å². The second-order valence-corrected chi connectivity index (χ2v) is 6.32. The SMILES string of the molecule is Cc1cc(NCc2cn(C)nc2-c2ccccc2)n2nc(C(F)(F)F)nc2n1. The second kappa shape index (κ2) is 6.63. The summed E-state index contributed by atoms with van der Waals surface area (Å²) in [6, 6.07) is 11.3. The molecule has 144 valence electrons. The zero-order valence-corrected chi connectivity index (χ0v) is 15.1. The third kappa shape index (κ3) is 3.40. The van der Waals surface area contributed by atoms with E-state index >= 15 is 0 Å². The van der Waals surface area contributed by atoms with Crippen LogP contribution in [0.25, 0.3) is 17.0 Å². The molecule has 0 atom stereocenters.